The van der Waals surface area contributed by atoms with Gasteiger partial charge in [-0.05, 0) is 6.42 Å². The minimum absolute atomic E-state index is 0.642. The Hall–Kier alpha value is 0.177. The van der Waals surface area contributed by atoms with E-state index in [2.05, 4.69) is 26.6 Å². The van der Waals surface area contributed by atoms with Crippen molar-refractivity contribution in [2.75, 3.05) is 0 Å². The molecule has 2 heteroatoms. The van der Waals surface area contributed by atoms with Crippen LogP contribution in [0, 0.1) is 0 Å². The maximum atomic E-state index is 5.69. The van der Waals surface area contributed by atoms with Gasteiger partial charge in [0.15, 0.2) is 0 Å². The van der Waals surface area contributed by atoms with E-state index in [0.717, 1.165) is 0 Å². The number of unbranched alkanes of at least 4 members (excludes halogenated alkanes) is 2. The van der Waals surface area contributed by atoms with Crippen molar-refractivity contribution in [3.8, 4) is 0 Å². The molecule has 0 unspecified atom stereocenters. The van der Waals surface area contributed by atoms with Crippen LogP contribution >= 0.6 is 0 Å². The fourth-order valence-electron chi connectivity index (χ4n) is 1.72. The van der Waals surface area contributed by atoms with Crippen LogP contribution in [0.2, 0.25) is 19.6 Å². The summed E-state index contributed by atoms with van der Waals surface area (Å²) in [6, 6.07) is 0. The summed E-state index contributed by atoms with van der Waals surface area (Å²) in [7, 11) is -0.969. The first-order valence-corrected chi connectivity index (χ1v) is 8.79. The maximum Gasteiger partial charge on any atom is 0.0819 e. The second-order valence-corrected chi connectivity index (χ2v) is 10.3. The van der Waals surface area contributed by atoms with E-state index in [1.165, 1.54) is 25.7 Å². The molecule has 0 amide bonds. The average Bonchev–Trinajstić information content (AvgIpc) is 2.66. The van der Waals surface area contributed by atoms with Gasteiger partial charge in [-0.15, -0.1) is 0 Å². The molecule has 1 heterocycles. The molecule has 0 aromatic carbocycles. The summed E-state index contributed by atoms with van der Waals surface area (Å²) in [4.78, 5) is 0. The monoisotopic (exact) mass is 186 g/mol. The third kappa shape index (κ3) is 2.90. The van der Waals surface area contributed by atoms with E-state index in [0.29, 0.717) is 11.8 Å². The van der Waals surface area contributed by atoms with E-state index in [4.69, 9.17) is 4.74 Å². The molecular weight excluding hydrogens is 164 g/mol. The lowest BCUT2D eigenvalue weighted by atomic mass is 10.2. The first kappa shape index (κ1) is 10.3. The van der Waals surface area contributed by atoms with Crippen molar-refractivity contribution in [1.82, 2.24) is 0 Å². The van der Waals surface area contributed by atoms with Crippen molar-refractivity contribution in [1.29, 1.82) is 0 Å². The van der Waals surface area contributed by atoms with Crippen molar-refractivity contribution >= 4 is 8.07 Å². The lowest BCUT2D eigenvalue weighted by Gasteiger charge is -2.10. The summed E-state index contributed by atoms with van der Waals surface area (Å²) >= 11 is 0. The summed E-state index contributed by atoms with van der Waals surface area (Å²) in [6.07, 6.45) is 6.01. The molecule has 0 radical (unpaired) electrons. The van der Waals surface area contributed by atoms with Crippen LogP contribution in [-0.2, 0) is 4.74 Å². The summed E-state index contributed by atoms with van der Waals surface area (Å²) in [5.74, 6) is 0. The standard InChI is InChI=1S/C10H22OSi/c1-5-6-7-8-9-10(11-9)12(2,3)4/h9-10H,5-8H2,1-4H3/t9-,10-/m1/s1. The Morgan fingerprint density at radius 2 is 1.83 bits per heavy atom. The molecule has 72 valence electrons. The normalized spacial score (nSPS) is 29.0. The van der Waals surface area contributed by atoms with Crippen LogP contribution in [0.4, 0.5) is 0 Å². The quantitative estimate of drug-likeness (QED) is 0.365. The molecule has 1 fully saturated rings. The Morgan fingerprint density at radius 1 is 1.17 bits per heavy atom. The van der Waals surface area contributed by atoms with Gasteiger partial charge in [-0.3, -0.25) is 0 Å². The van der Waals surface area contributed by atoms with Gasteiger partial charge in [-0.2, -0.15) is 0 Å². The van der Waals surface area contributed by atoms with Crippen LogP contribution < -0.4 is 0 Å². The molecule has 0 aromatic rings. The van der Waals surface area contributed by atoms with E-state index >= 15 is 0 Å². The summed E-state index contributed by atoms with van der Waals surface area (Å²) in [6.45, 7) is 9.45. The molecular formula is C10H22OSi. The number of ether oxygens (including phenoxy) is 1. The van der Waals surface area contributed by atoms with Crippen molar-refractivity contribution in [2.24, 2.45) is 0 Å². The van der Waals surface area contributed by atoms with Gasteiger partial charge in [0.2, 0.25) is 0 Å². The molecule has 0 aliphatic carbocycles. The molecule has 1 rings (SSSR count). The van der Waals surface area contributed by atoms with Gasteiger partial charge >= 0.3 is 0 Å². The molecule has 0 spiro atoms. The lowest BCUT2D eigenvalue weighted by Crippen LogP contribution is -2.30. The van der Waals surface area contributed by atoms with Gasteiger partial charge in [0.1, 0.15) is 0 Å². The fourth-order valence-corrected chi connectivity index (χ4v) is 3.58. The van der Waals surface area contributed by atoms with E-state index in [1.54, 1.807) is 0 Å². The highest BCUT2D eigenvalue weighted by Crippen LogP contribution is 2.34. The van der Waals surface area contributed by atoms with Crippen molar-refractivity contribution in [3.63, 3.8) is 0 Å². The van der Waals surface area contributed by atoms with Crippen LogP contribution in [0.15, 0.2) is 0 Å². The zero-order chi connectivity index (χ0) is 9.19. The summed E-state index contributed by atoms with van der Waals surface area (Å²) in [5, 5.41) is 0. The first-order chi connectivity index (χ1) is 5.55. The van der Waals surface area contributed by atoms with Crippen LogP contribution in [-0.4, -0.2) is 19.9 Å². The highest BCUT2D eigenvalue weighted by molar-refractivity contribution is 6.78. The second-order valence-electron chi connectivity index (χ2n) is 4.96. The molecule has 1 aliphatic rings. The highest BCUT2D eigenvalue weighted by Gasteiger charge is 2.47. The third-order valence-electron chi connectivity index (χ3n) is 2.53. The van der Waals surface area contributed by atoms with Crippen molar-refractivity contribution in [2.45, 2.75) is 64.1 Å². The van der Waals surface area contributed by atoms with Crippen LogP contribution in [0.5, 0.6) is 0 Å². The molecule has 2 atom stereocenters. The largest absolute Gasteiger partial charge is 0.373 e. The predicted molar refractivity (Wildman–Crippen MR) is 56.1 cm³/mol. The van der Waals surface area contributed by atoms with Gasteiger partial charge < -0.3 is 4.74 Å². The van der Waals surface area contributed by atoms with Crippen LogP contribution in [0.1, 0.15) is 32.6 Å². The molecule has 0 bridgehead atoms. The zero-order valence-corrected chi connectivity index (χ0v) is 9.89. The van der Waals surface area contributed by atoms with Gasteiger partial charge in [0.25, 0.3) is 0 Å². The topological polar surface area (TPSA) is 12.5 Å². The highest BCUT2D eigenvalue weighted by atomic mass is 28.3. The van der Waals surface area contributed by atoms with Crippen LogP contribution in [0.25, 0.3) is 0 Å². The third-order valence-corrected chi connectivity index (χ3v) is 4.74. The number of epoxide rings is 1. The molecule has 1 saturated heterocycles. The molecule has 0 N–H and O–H groups in total. The summed E-state index contributed by atoms with van der Waals surface area (Å²) < 4.78 is 5.69. The molecule has 1 aliphatic heterocycles. The van der Waals surface area contributed by atoms with Crippen molar-refractivity contribution in [3.05, 3.63) is 0 Å². The van der Waals surface area contributed by atoms with E-state index in [9.17, 15) is 0 Å². The van der Waals surface area contributed by atoms with Gasteiger partial charge in [-0.1, -0.05) is 45.8 Å². The van der Waals surface area contributed by atoms with Gasteiger partial charge in [0.05, 0.1) is 19.9 Å². The maximum absolute atomic E-state index is 5.69. The Balaban J connectivity index is 2.08. The molecule has 0 saturated carbocycles. The smallest absolute Gasteiger partial charge is 0.0819 e. The van der Waals surface area contributed by atoms with Gasteiger partial charge in [0, 0.05) is 0 Å². The minimum atomic E-state index is -0.969. The SMILES string of the molecule is CCCCC[C@H]1O[C@@H]1[Si](C)(C)C. The summed E-state index contributed by atoms with van der Waals surface area (Å²) in [5.41, 5.74) is 0.675. The molecule has 1 nitrogen and oxygen atoms in total. The zero-order valence-electron chi connectivity index (χ0n) is 8.89. The molecule has 12 heavy (non-hydrogen) atoms. The number of hydrogen-bond donors (Lipinski definition) is 0. The molecule has 0 aromatic heterocycles. The Bertz CT molecular complexity index is 139. The number of hydrogen-bond acceptors (Lipinski definition) is 1. The predicted octanol–water partition coefficient (Wildman–Crippen LogP) is 3.21. The van der Waals surface area contributed by atoms with E-state index < -0.39 is 8.07 Å². The Kier molecular flexibility index (Phi) is 3.35. The fraction of sp³-hybridized carbons (Fsp3) is 1.00. The van der Waals surface area contributed by atoms with E-state index in [-0.39, 0.29) is 0 Å². The minimum Gasteiger partial charge on any atom is -0.373 e. The Labute approximate surface area is 77.5 Å². The second kappa shape index (κ2) is 3.92. The number of rotatable bonds is 5. The first-order valence-electron chi connectivity index (χ1n) is 5.21. The van der Waals surface area contributed by atoms with Crippen molar-refractivity contribution < 1.29 is 4.74 Å². The van der Waals surface area contributed by atoms with E-state index in [1.807, 2.05) is 0 Å². The van der Waals surface area contributed by atoms with Gasteiger partial charge in [-0.25, -0.2) is 0 Å². The average molecular weight is 186 g/mol. The Morgan fingerprint density at radius 3 is 2.25 bits per heavy atom. The lowest BCUT2D eigenvalue weighted by molar-refractivity contribution is 0.378. The van der Waals surface area contributed by atoms with Crippen LogP contribution in [0.3, 0.4) is 0 Å².